The number of hydrogen-bond donors (Lipinski definition) is 0. The minimum atomic E-state index is -3.35. The van der Waals surface area contributed by atoms with Gasteiger partial charge in [-0.05, 0) is 36.6 Å². The van der Waals surface area contributed by atoms with Crippen LogP contribution in [-0.2, 0) is 14.8 Å². The van der Waals surface area contributed by atoms with Crippen molar-refractivity contribution in [1.29, 1.82) is 0 Å². The van der Waals surface area contributed by atoms with Crippen molar-refractivity contribution in [1.82, 2.24) is 4.31 Å². The Bertz CT molecular complexity index is 501. The normalized spacial score (nSPS) is 21.3. The van der Waals surface area contributed by atoms with Crippen LogP contribution in [0.4, 0.5) is 0 Å². The second-order valence-electron chi connectivity index (χ2n) is 4.43. The Hall–Kier alpha value is -0.430. The smallest absolute Gasteiger partial charge is 0.243 e. The molecule has 0 amide bonds. The summed E-state index contributed by atoms with van der Waals surface area (Å²) in [7, 11) is -1.71. The van der Waals surface area contributed by atoms with Crippen LogP contribution in [0.2, 0.25) is 0 Å². The lowest BCUT2D eigenvalue weighted by Crippen LogP contribution is -2.29. The van der Waals surface area contributed by atoms with Crippen molar-refractivity contribution in [3.63, 3.8) is 0 Å². The molecule has 1 heterocycles. The number of sulfonamides is 1. The molecule has 0 bridgehead atoms. The van der Waals surface area contributed by atoms with Crippen LogP contribution in [0, 0.1) is 5.92 Å². The summed E-state index contributed by atoms with van der Waals surface area (Å²) in [4.78, 5) is 0.351. The Morgan fingerprint density at radius 1 is 1.39 bits per heavy atom. The molecule has 0 spiro atoms. The molecule has 6 heteroatoms. The molecule has 0 aromatic heterocycles. The Balaban J connectivity index is 2.15. The highest BCUT2D eigenvalue weighted by molar-refractivity contribution is 9.10. The molecule has 2 rings (SSSR count). The molecule has 1 atom stereocenters. The number of ether oxygens (including phenoxy) is 1. The van der Waals surface area contributed by atoms with E-state index in [2.05, 4.69) is 15.9 Å². The molecule has 1 aliphatic heterocycles. The number of nitrogens with zero attached hydrogens (tertiary/aromatic N) is 1. The predicted molar refractivity (Wildman–Crippen MR) is 72.9 cm³/mol. The van der Waals surface area contributed by atoms with Crippen molar-refractivity contribution in [2.45, 2.75) is 11.3 Å². The Morgan fingerprint density at radius 3 is 2.67 bits per heavy atom. The first-order chi connectivity index (χ1) is 8.54. The summed E-state index contributed by atoms with van der Waals surface area (Å²) in [5.74, 6) is 0.306. The van der Waals surface area contributed by atoms with Gasteiger partial charge in [0.05, 0.1) is 11.5 Å². The Labute approximate surface area is 116 Å². The molecule has 1 fully saturated rings. The molecule has 100 valence electrons. The highest BCUT2D eigenvalue weighted by Crippen LogP contribution is 2.25. The number of halogens is 1. The third-order valence-electron chi connectivity index (χ3n) is 3.10. The zero-order valence-electron chi connectivity index (χ0n) is 10.2. The average molecular weight is 334 g/mol. The molecule has 1 saturated heterocycles. The van der Waals surface area contributed by atoms with Crippen LogP contribution in [-0.4, -0.2) is 39.5 Å². The van der Waals surface area contributed by atoms with Crippen molar-refractivity contribution in [3.05, 3.63) is 28.7 Å². The monoisotopic (exact) mass is 333 g/mol. The molecule has 0 radical (unpaired) electrons. The lowest BCUT2D eigenvalue weighted by atomic mass is 10.1. The third kappa shape index (κ3) is 2.93. The predicted octanol–water partition coefficient (Wildman–Crippen LogP) is 2.11. The molecule has 0 saturated carbocycles. The quantitative estimate of drug-likeness (QED) is 0.847. The topological polar surface area (TPSA) is 46.6 Å². The highest BCUT2D eigenvalue weighted by Gasteiger charge is 2.32. The molecule has 18 heavy (non-hydrogen) atoms. The summed E-state index contributed by atoms with van der Waals surface area (Å²) < 4.78 is 32.2. The van der Waals surface area contributed by atoms with Crippen LogP contribution in [0.5, 0.6) is 0 Å². The van der Waals surface area contributed by atoms with Crippen molar-refractivity contribution in [2.24, 2.45) is 5.92 Å². The SMILES string of the molecule is COCC1CCN(S(=O)(=O)c2ccc(Br)cc2)C1. The van der Waals surface area contributed by atoms with E-state index in [-0.39, 0.29) is 0 Å². The van der Waals surface area contributed by atoms with Gasteiger partial charge < -0.3 is 4.74 Å². The molecule has 1 aromatic carbocycles. The molecule has 1 aliphatic rings. The van der Waals surface area contributed by atoms with Crippen molar-refractivity contribution in [2.75, 3.05) is 26.8 Å². The van der Waals surface area contributed by atoms with Gasteiger partial charge in [-0.1, -0.05) is 15.9 Å². The fraction of sp³-hybridized carbons (Fsp3) is 0.500. The largest absolute Gasteiger partial charge is 0.384 e. The van der Waals surface area contributed by atoms with Gasteiger partial charge in [0.1, 0.15) is 0 Å². The second-order valence-corrected chi connectivity index (χ2v) is 7.28. The van der Waals surface area contributed by atoms with Crippen molar-refractivity contribution >= 4 is 26.0 Å². The minimum absolute atomic E-state index is 0.306. The minimum Gasteiger partial charge on any atom is -0.384 e. The van der Waals surface area contributed by atoms with Gasteiger partial charge in [0, 0.05) is 24.7 Å². The standard InChI is InChI=1S/C12H16BrNO3S/c1-17-9-10-6-7-14(8-10)18(15,16)12-4-2-11(13)3-5-12/h2-5,10H,6-9H2,1H3. The first-order valence-corrected chi connectivity index (χ1v) is 8.02. The first kappa shape index (κ1) is 14.0. The Morgan fingerprint density at radius 2 is 2.06 bits per heavy atom. The zero-order chi connectivity index (χ0) is 13.2. The van der Waals surface area contributed by atoms with Gasteiger partial charge in [-0.2, -0.15) is 4.31 Å². The van der Waals surface area contributed by atoms with E-state index in [4.69, 9.17) is 4.74 Å². The summed E-state index contributed by atoms with van der Waals surface area (Å²) >= 11 is 3.30. The molecular formula is C12H16BrNO3S. The van der Waals surface area contributed by atoms with E-state index in [1.807, 2.05) is 0 Å². The van der Waals surface area contributed by atoms with E-state index in [1.54, 1.807) is 35.7 Å². The van der Waals surface area contributed by atoms with Crippen LogP contribution in [0.25, 0.3) is 0 Å². The van der Waals surface area contributed by atoms with Crippen LogP contribution < -0.4 is 0 Å². The van der Waals surface area contributed by atoms with E-state index in [1.165, 1.54) is 0 Å². The van der Waals surface area contributed by atoms with Gasteiger partial charge in [-0.25, -0.2) is 8.42 Å². The van der Waals surface area contributed by atoms with Crippen LogP contribution in [0.3, 0.4) is 0 Å². The van der Waals surface area contributed by atoms with Gasteiger partial charge in [0.2, 0.25) is 10.0 Å². The number of hydrogen-bond acceptors (Lipinski definition) is 3. The van der Waals surface area contributed by atoms with E-state index >= 15 is 0 Å². The van der Waals surface area contributed by atoms with Crippen molar-refractivity contribution < 1.29 is 13.2 Å². The fourth-order valence-corrected chi connectivity index (χ4v) is 3.94. The van der Waals surface area contributed by atoms with Crippen LogP contribution >= 0.6 is 15.9 Å². The summed E-state index contributed by atoms with van der Waals surface area (Å²) in [5, 5.41) is 0. The fourth-order valence-electron chi connectivity index (χ4n) is 2.14. The number of benzene rings is 1. The van der Waals surface area contributed by atoms with Gasteiger partial charge in [0.15, 0.2) is 0 Å². The molecule has 4 nitrogen and oxygen atoms in total. The maximum absolute atomic E-state index is 12.4. The highest BCUT2D eigenvalue weighted by atomic mass is 79.9. The lowest BCUT2D eigenvalue weighted by molar-refractivity contribution is 0.157. The molecule has 1 aromatic rings. The van der Waals surface area contributed by atoms with Crippen LogP contribution in [0.15, 0.2) is 33.6 Å². The van der Waals surface area contributed by atoms with Crippen molar-refractivity contribution in [3.8, 4) is 0 Å². The summed E-state index contributed by atoms with van der Waals surface area (Å²) in [6.45, 7) is 1.74. The van der Waals surface area contributed by atoms with Gasteiger partial charge >= 0.3 is 0 Å². The molecule has 0 aliphatic carbocycles. The average Bonchev–Trinajstić information content (AvgIpc) is 2.79. The van der Waals surface area contributed by atoms with E-state index < -0.39 is 10.0 Å². The molecule has 0 N–H and O–H groups in total. The van der Waals surface area contributed by atoms with Gasteiger partial charge in [0.25, 0.3) is 0 Å². The number of rotatable bonds is 4. The number of methoxy groups -OCH3 is 1. The summed E-state index contributed by atoms with van der Waals surface area (Å²) in [6, 6.07) is 6.75. The molecule has 1 unspecified atom stereocenters. The maximum Gasteiger partial charge on any atom is 0.243 e. The first-order valence-electron chi connectivity index (χ1n) is 5.78. The molecular weight excluding hydrogens is 318 g/mol. The maximum atomic E-state index is 12.4. The van der Waals surface area contributed by atoms with E-state index in [9.17, 15) is 8.42 Å². The Kier molecular flexibility index (Phi) is 4.42. The van der Waals surface area contributed by atoms with Crippen LogP contribution in [0.1, 0.15) is 6.42 Å². The summed E-state index contributed by atoms with van der Waals surface area (Å²) in [6.07, 6.45) is 0.865. The summed E-state index contributed by atoms with van der Waals surface area (Å²) in [5.41, 5.74) is 0. The third-order valence-corrected chi connectivity index (χ3v) is 5.51. The lowest BCUT2D eigenvalue weighted by Gasteiger charge is -2.16. The van der Waals surface area contributed by atoms with Gasteiger partial charge in [-0.15, -0.1) is 0 Å². The van der Waals surface area contributed by atoms with E-state index in [0.29, 0.717) is 30.5 Å². The second kappa shape index (κ2) is 5.69. The van der Waals surface area contributed by atoms with Gasteiger partial charge in [-0.3, -0.25) is 0 Å². The zero-order valence-corrected chi connectivity index (χ0v) is 12.6. The van der Waals surface area contributed by atoms with E-state index in [0.717, 1.165) is 10.9 Å².